The quantitative estimate of drug-likeness (QED) is 0.726. The van der Waals surface area contributed by atoms with Crippen LogP contribution in [0.1, 0.15) is 51.9 Å². The number of likely N-dealkylation sites (tertiary alicyclic amines) is 1. The van der Waals surface area contributed by atoms with Crippen molar-refractivity contribution in [1.29, 1.82) is 0 Å². The van der Waals surface area contributed by atoms with Crippen LogP contribution in [-0.2, 0) is 9.59 Å². The lowest BCUT2D eigenvalue weighted by Gasteiger charge is -2.30. The molecule has 0 radical (unpaired) electrons. The van der Waals surface area contributed by atoms with Gasteiger partial charge in [0.2, 0.25) is 5.91 Å². The molecule has 1 aliphatic rings. The van der Waals surface area contributed by atoms with Gasteiger partial charge >= 0.3 is 5.97 Å². The summed E-state index contributed by atoms with van der Waals surface area (Å²) >= 11 is 0. The van der Waals surface area contributed by atoms with Crippen molar-refractivity contribution in [2.24, 2.45) is 5.92 Å². The molecule has 1 atom stereocenters. The van der Waals surface area contributed by atoms with Gasteiger partial charge in [0.05, 0.1) is 5.92 Å². The van der Waals surface area contributed by atoms with E-state index in [1.165, 1.54) is 12.8 Å². The summed E-state index contributed by atoms with van der Waals surface area (Å²) in [5, 5.41) is 8.95. The van der Waals surface area contributed by atoms with Gasteiger partial charge in [-0.05, 0) is 19.3 Å². The monoisotopic (exact) mass is 241 g/mol. The number of carboxylic acids is 1. The zero-order chi connectivity index (χ0) is 12.7. The number of carbonyl (C=O) groups excluding carboxylic acids is 1. The molecule has 0 spiro atoms. The van der Waals surface area contributed by atoms with Crippen LogP contribution in [0.5, 0.6) is 0 Å². The first-order chi connectivity index (χ1) is 8.15. The molecule has 0 aliphatic carbocycles. The summed E-state index contributed by atoms with van der Waals surface area (Å²) in [6.45, 7) is 3.28. The fourth-order valence-corrected chi connectivity index (χ4v) is 2.27. The van der Waals surface area contributed by atoms with E-state index in [9.17, 15) is 9.59 Å². The average molecular weight is 241 g/mol. The molecule has 1 fully saturated rings. The molecule has 1 aliphatic heterocycles. The summed E-state index contributed by atoms with van der Waals surface area (Å²) in [4.78, 5) is 24.5. The SMILES string of the molecule is CCCCCCC(=O)N1CCC[C@@H](C(=O)O)C1. The molecule has 0 bridgehead atoms. The van der Waals surface area contributed by atoms with E-state index in [-0.39, 0.29) is 11.8 Å². The highest BCUT2D eigenvalue weighted by Gasteiger charge is 2.27. The number of rotatable bonds is 6. The van der Waals surface area contributed by atoms with Crippen LogP contribution in [0, 0.1) is 5.92 Å². The predicted molar refractivity (Wildman–Crippen MR) is 65.7 cm³/mol. The van der Waals surface area contributed by atoms with Gasteiger partial charge in [0.15, 0.2) is 0 Å². The van der Waals surface area contributed by atoms with Gasteiger partial charge < -0.3 is 10.0 Å². The van der Waals surface area contributed by atoms with Crippen molar-refractivity contribution in [2.75, 3.05) is 13.1 Å². The topological polar surface area (TPSA) is 57.6 Å². The Kier molecular flexibility index (Phi) is 6.01. The molecule has 17 heavy (non-hydrogen) atoms. The molecular formula is C13H23NO3. The third-order valence-corrected chi connectivity index (χ3v) is 3.37. The van der Waals surface area contributed by atoms with Gasteiger partial charge in [0.1, 0.15) is 0 Å². The molecular weight excluding hydrogens is 218 g/mol. The van der Waals surface area contributed by atoms with Crippen molar-refractivity contribution in [3.8, 4) is 0 Å². The molecule has 98 valence electrons. The van der Waals surface area contributed by atoms with Crippen LogP contribution in [0.2, 0.25) is 0 Å². The summed E-state index contributed by atoms with van der Waals surface area (Å²) in [7, 11) is 0. The fraction of sp³-hybridized carbons (Fsp3) is 0.846. The molecule has 4 heteroatoms. The largest absolute Gasteiger partial charge is 0.481 e. The van der Waals surface area contributed by atoms with Crippen molar-refractivity contribution < 1.29 is 14.7 Å². The first-order valence-electron chi connectivity index (χ1n) is 6.65. The standard InChI is InChI=1S/C13H23NO3/c1-2-3-4-5-8-12(15)14-9-6-7-11(10-14)13(16)17/h11H,2-10H2,1H3,(H,16,17)/t11-/m1/s1. The highest BCUT2D eigenvalue weighted by Crippen LogP contribution is 2.18. The first-order valence-corrected chi connectivity index (χ1v) is 6.65. The van der Waals surface area contributed by atoms with Crippen LogP contribution < -0.4 is 0 Å². The van der Waals surface area contributed by atoms with Crippen LogP contribution in [0.4, 0.5) is 0 Å². The first kappa shape index (κ1) is 14.0. The van der Waals surface area contributed by atoms with E-state index >= 15 is 0 Å². The average Bonchev–Trinajstić information content (AvgIpc) is 2.34. The maximum absolute atomic E-state index is 11.9. The second-order valence-electron chi connectivity index (χ2n) is 4.83. The lowest BCUT2D eigenvalue weighted by Crippen LogP contribution is -2.42. The fourth-order valence-electron chi connectivity index (χ4n) is 2.27. The zero-order valence-electron chi connectivity index (χ0n) is 10.7. The van der Waals surface area contributed by atoms with Crippen molar-refractivity contribution in [1.82, 2.24) is 4.90 Å². The summed E-state index contributed by atoms with van der Waals surface area (Å²) < 4.78 is 0. The number of hydrogen-bond acceptors (Lipinski definition) is 2. The van der Waals surface area contributed by atoms with E-state index in [1.54, 1.807) is 4.90 Å². The molecule has 1 heterocycles. The Bertz CT molecular complexity index is 265. The zero-order valence-corrected chi connectivity index (χ0v) is 10.7. The number of unbranched alkanes of at least 4 members (excludes halogenated alkanes) is 3. The predicted octanol–water partition coefficient (Wildman–Crippen LogP) is 2.28. The van der Waals surface area contributed by atoms with E-state index in [0.717, 1.165) is 25.8 Å². The molecule has 0 saturated carbocycles. The second kappa shape index (κ2) is 7.30. The number of amides is 1. The second-order valence-corrected chi connectivity index (χ2v) is 4.83. The number of carbonyl (C=O) groups is 2. The van der Waals surface area contributed by atoms with Gasteiger partial charge in [-0.2, -0.15) is 0 Å². The number of aliphatic carboxylic acids is 1. The highest BCUT2D eigenvalue weighted by atomic mass is 16.4. The molecule has 1 N–H and O–H groups in total. The molecule has 0 aromatic heterocycles. The van der Waals surface area contributed by atoms with Gasteiger partial charge in [-0.3, -0.25) is 9.59 Å². The van der Waals surface area contributed by atoms with E-state index in [2.05, 4.69) is 6.92 Å². The Balaban J connectivity index is 2.28. The lowest BCUT2D eigenvalue weighted by molar-refractivity contribution is -0.145. The summed E-state index contributed by atoms with van der Waals surface area (Å²) in [5.74, 6) is -0.996. The van der Waals surface area contributed by atoms with Crippen molar-refractivity contribution in [2.45, 2.75) is 51.9 Å². The summed E-state index contributed by atoms with van der Waals surface area (Å²) in [6, 6.07) is 0. The summed E-state index contributed by atoms with van der Waals surface area (Å²) in [6.07, 6.45) is 6.46. The highest BCUT2D eigenvalue weighted by molar-refractivity contribution is 5.78. The van der Waals surface area contributed by atoms with Crippen LogP contribution in [0.15, 0.2) is 0 Å². The Labute approximate surface area is 103 Å². The molecule has 0 aromatic carbocycles. The van der Waals surface area contributed by atoms with Gasteiger partial charge in [0, 0.05) is 19.5 Å². The number of hydrogen-bond donors (Lipinski definition) is 1. The number of piperidine rings is 1. The minimum absolute atomic E-state index is 0.132. The van der Waals surface area contributed by atoms with Crippen molar-refractivity contribution in [3.05, 3.63) is 0 Å². The Morgan fingerprint density at radius 2 is 2.06 bits per heavy atom. The minimum Gasteiger partial charge on any atom is -0.481 e. The Morgan fingerprint density at radius 3 is 2.71 bits per heavy atom. The number of nitrogens with zero attached hydrogens (tertiary/aromatic N) is 1. The van der Waals surface area contributed by atoms with E-state index in [1.807, 2.05) is 0 Å². The lowest BCUT2D eigenvalue weighted by atomic mass is 9.98. The molecule has 0 aromatic rings. The van der Waals surface area contributed by atoms with Gasteiger partial charge in [-0.1, -0.05) is 26.2 Å². The maximum Gasteiger partial charge on any atom is 0.308 e. The van der Waals surface area contributed by atoms with Crippen molar-refractivity contribution in [3.63, 3.8) is 0 Å². The van der Waals surface area contributed by atoms with E-state index in [0.29, 0.717) is 19.4 Å². The molecule has 1 rings (SSSR count). The molecule has 1 amide bonds. The van der Waals surface area contributed by atoms with Gasteiger partial charge in [-0.15, -0.1) is 0 Å². The van der Waals surface area contributed by atoms with Gasteiger partial charge in [-0.25, -0.2) is 0 Å². The molecule has 4 nitrogen and oxygen atoms in total. The van der Waals surface area contributed by atoms with Crippen molar-refractivity contribution >= 4 is 11.9 Å². The maximum atomic E-state index is 11.9. The normalized spacial score (nSPS) is 20.3. The van der Waals surface area contributed by atoms with E-state index < -0.39 is 5.97 Å². The smallest absolute Gasteiger partial charge is 0.308 e. The summed E-state index contributed by atoms with van der Waals surface area (Å²) in [5.41, 5.74) is 0. The Morgan fingerprint density at radius 1 is 1.29 bits per heavy atom. The third-order valence-electron chi connectivity index (χ3n) is 3.37. The van der Waals surface area contributed by atoms with E-state index in [4.69, 9.17) is 5.11 Å². The van der Waals surface area contributed by atoms with Crippen LogP contribution >= 0.6 is 0 Å². The number of carboxylic acid groups (broad SMARTS) is 1. The third kappa shape index (κ3) is 4.75. The van der Waals surface area contributed by atoms with Crippen LogP contribution in [0.3, 0.4) is 0 Å². The molecule has 1 saturated heterocycles. The molecule has 0 unspecified atom stereocenters. The van der Waals surface area contributed by atoms with Crippen LogP contribution in [-0.4, -0.2) is 35.0 Å². The van der Waals surface area contributed by atoms with Gasteiger partial charge in [0.25, 0.3) is 0 Å². The van der Waals surface area contributed by atoms with Crippen LogP contribution in [0.25, 0.3) is 0 Å². The Hall–Kier alpha value is -1.06. The minimum atomic E-state index is -0.770.